The van der Waals surface area contributed by atoms with E-state index in [2.05, 4.69) is 31.3 Å². The zero-order valence-corrected chi connectivity index (χ0v) is 13.4. The van der Waals surface area contributed by atoms with Crippen LogP contribution in [0.25, 0.3) is 5.69 Å². The molecule has 0 saturated carbocycles. The van der Waals surface area contributed by atoms with Crippen LogP contribution in [0.3, 0.4) is 0 Å². The first-order valence-electron chi connectivity index (χ1n) is 6.69. The lowest BCUT2D eigenvalue weighted by Crippen LogP contribution is -2.13. The number of nitrogens with one attached hydrogen (secondary N) is 1. The molecule has 0 amide bonds. The fraction of sp³-hybridized carbons (Fsp3) is 0.0625. The Bertz CT molecular complexity index is 881. The summed E-state index contributed by atoms with van der Waals surface area (Å²) in [4.78, 5) is 12.4. The van der Waals surface area contributed by atoms with Crippen LogP contribution < -0.4 is 5.56 Å². The number of aryl methyl sites for hydroxylation is 1. The molecule has 6 heteroatoms. The molecule has 0 atom stereocenters. The molecule has 0 unspecified atom stereocenters. The van der Waals surface area contributed by atoms with Crippen LogP contribution in [-0.2, 0) is 0 Å². The summed E-state index contributed by atoms with van der Waals surface area (Å²) in [5.41, 5.74) is 2.21. The molecular formula is C16H13BrN4O. The number of rotatable bonds is 3. The maximum atomic E-state index is 12.4. The summed E-state index contributed by atoms with van der Waals surface area (Å²) >= 11 is 3.38. The summed E-state index contributed by atoms with van der Waals surface area (Å²) in [6.07, 6.45) is 0. The van der Waals surface area contributed by atoms with Gasteiger partial charge in [0.05, 0.1) is 17.1 Å². The minimum absolute atomic E-state index is 0.220. The van der Waals surface area contributed by atoms with Crippen LogP contribution in [0.15, 0.2) is 74.1 Å². The molecule has 3 aromatic rings. The van der Waals surface area contributed by atoms with Crippen LogP contribution in [0.1, 0.15) is 5.69 Å². The molecule has 2 aromatic carbocycles. The number of aromatic amines is 1. The van der Waals surface area contributed by atoms with E-state index in [1.54, 1.807) is 6.92 Å². The van der Waals surface area contributed by atoms with E-state index in [9.17, 15) is 4.79 Å². The molecule has 5 nitrogen and oxygen atoms in total. The summed E-state index contributed by atoms with van der Waals surface area (Å²) in [7, 11) is 0. The lowest BCUT2D eigenvalue weighted by molar-refractivity contribution is 0.835. The van der Waals surface area contributed by atoms with Crippen LogP contribution in [0, 0.1) is 6.92 Å². The van der Waals surface area contributed by atoms with Crippen LogP contribution in [-0.4, -0.2) is 9.78 Å². The van der Waals surface area contributed by atoms with Gasteiger partial charge in [0, 0.05) is 4.47 Å². The van der Waals surface area contributed by atoms with Gasteiger partial charge in [-0.2, -0.15) is 5.11 Å². The number of aromatic nitrogens is 2. The van der Waals surface area contributed by atoms with E-state index in [1.807, 2.05) is 54.6 Å². The summed E-state index contributed by atoms with van der Waals surface area (Å²) < 4.78 is 2.38. The number of halogens is 1. The van der Waals surface area contributed by atoms with Crippen LogP contribution >= 0.6 is 15.9 Å². The molecule has 0 saturated heterocycles. The number of para-hydroxylation sites is 1. The molecule has 0 aliphatic heterocycles. The van der Waals surface area contributed by atoms with Gasteiger partial charge >= 0.3 is 0 Å². The van der Waals surface area contributed by atoms with Gasteiger partial charge in [0.25, 0.3) is 5.56 Å². The molecule has 0 radical (unpaired) electrons. The second-order valence-corrected chi connectivity index (χ2v) is 5.66. The molecule has 0 aliphatic carbocycles. The molecule has 22 heavy (non-hydrogen) atoms. The second-order valence-electron chi connectivity index (χ2n) is 4.74. The minimum Gasteiger partial charge on any atom is -0.293 e. The minimum atomic E-state index is -0.220. The summed E-state index contributed by atoms with van der Waals surface area (Å²) in [6, 6.07) is 16.8. The van der Waals surface area contributed by atoms with Gasteiger partial charge in [-0.1, -0.05) is 40.2 Å². The first-order valence-corrected chi connectivity index (χ1v) is 7.49. The van der Waals surface area contributed by atoms with Crippen molar-refractivity contribution in [3.05, 3.63) is 75.1 Å². The third kappa shape index (κ3) is 2.92. The van der Waals surface area contributed by atoms with Gasteiger partial charge in [0.15, 0.2) is 5.69 Å². The third-order valence-corrected chi connectivity index (χ3v) is 3.62. The molecule has 0 spiro atoms. The highest BCUT2D eigenvalue weighted by atomic mass is 79.9. The Morgan fingerprint density at radius 2 is 1.82 bits per heavy atom. The molecule has 110 valence electrons. The van der Waals surface area contributed by atoms with Crippen molar-refractivity contribution in [3.63, 3.8) is 0 Å². The van der Waals surface area contributed by atoms with E-state index in [4.69, 9.17) is 0 Å². The van der Waals surface area contributed by atoms with E-state index in [1.165, 1.54) is 4.68 Å². The molecule has 0 aliphatic rings. The molecule has 1 aromatic heterocycles. The summed E-state index contributed by atoms with van der Waals surface area (Å²) in [5, 5.41) is 11.2. The predicted octanol–water partition coefficient (Wildman–Crippen LogP) is 4.65. The number of hydrogen-bond acceptors (Lipinski definition) is 3. The Hall–Kier alpha value is -2.47. The number of benzene rings is 2. The Morgan fingerprint density at radius 1 is 1.05 bits per heavy atom. The first-order chi connectivity index (χ1) is 10.6. The molecule has 1 heterocycles. The average molecular weight is 357 g/mol. The fourth-order valence-corrected chi connectivity index (χ4v) is 2.45. The molecule has 1 N–H and O–H groups in total. The molecule has 0 bridgehead atoms. The Morgan fingerprint density at radius 3 is 2.55 bits per heavy atom. The summed E-state index contributed by atoms with van der Waals surface area (Å²) in [6.45, 7) is 1.80. The second kappa shape index (κ2) is 6.11. The monoisotopic (exact) mass is 356 g/mol. The quantitative estimate of drug-likeness (QED) is 0.682. The van der Waals surface area contributed by atoms with Crippen molar-refractivity contribution in [1.29, 1.82) is 0 Å². The smallest absolute Gasteiger partial charge is 0.293 e. The van der Waals surface area contributed by atoms with Gasteiger partial charge in [0.2, 0.25) is 0 Å². The number of azo groups is 1. The summed E-state index contributed by atoms with van der Waals surface area (Å²) in [5.74, 6) is 0. The maximum absolute atomic E-state index is 12.4. The zero-order chi connectivity index (χ0) is 15.5. The highest BCUT2D eigenvalue weighted by Crippen LogP contribution is 2.21. The fourth-order valence-electron chi connectivity index (χ4n) is 2.06. The van der Waals surface area contributed by atoms with Gasteiger partial charge in [-0.15, -0.1) is 5.11 Å². The van der Waals surface area contributed by atoms with Gasteiger partial charge in [0.1, 0.15) is 0 Å². The largest absolute Gasteiger partial charge is 0.299 e. The van der Waals surface area contributed by atoms with Gasteiger partial charge in [-0.25, -0.2) is 4.68 Å². The van der Waals surface area contributed by atoms with Crippen LogP contribution in [0.2, 0.25) is 0 Å². The van der Waals surface area contributed by atoms with Gasteiger partial charge in [-0.05, 0) is 37.3 Å². The Labute approximate surface area is 135 Å². The van der Waals surface area contributed by atoms with E-state index in [-0.39, 0.29) is 5.56 Å². The highest BCUT2D eigenvalue weighted by Gasteiger charge is 2.11. The molecule has 3 rings (SSSR count). The van der Waals surface area contributed by atoms with Crippen molar-refractivity contribution in [1.82, 2.24) is 9.78 Å². The van der Waals surface area contributed by atoms with E-state index < -0.39 is 0 Å². The first kappa shape index (κ1) is 14.5. The van der Waals surface area contributed by atoms with Crippen molar-refractivity contribution in [2.45, 2.75) is 6.92 Å². The van der Waals surface area contributed by atoms with Crippen LogP contribution in [0.5, 0.6) is 0 Å². The third-order valence-electron chi connectivity index (χ3n) is 3.13. The molecular weight excluding hydrogens is 344 g/mol. The van der Waals surface area contributed by atoms with Crippen molar-refractivity contribution in [3.8, 4) is 5.69 Å². The number of hydrogen-bond donors (Lipinski definition) is 1. The zero-order valence-electron chi connectivity index (χ0n) is 11.8. The number of nitrogens with zero attached hydrogens (tertiary/aromatic N) is 3. The van der Waals surface area contributed by atoms with E-state index in [0.717, 1.165) is 10.2 Å². The lowest BCUT2D eigenvalue weighted by atomic mass is 10.3. The van der Waals surface area contributed by atoms with Gasteiger partial charge < -0.3 is 0 Å². The topological polar surface area (TPSA) is 62.5 Å². The van der Waals surface area contributed by atoms with E-state index in [0.29, 0.717) is 17.1 Å². The standard InChI is InChI=1S/C16H13BrN4O/c1-11-15(19-18-13-7-5-6-12(17)10-13)16(22)21(20-11)14-8-3-2-4-9-14/h2-10,20H,1H3. The highest BCUT2D eigenvalue weighted by molar-refractivity contribution is 9.10. The van der Waals surface area contributed by atoms with E-state index >= 15 is 0 Å². The van der Waals surface area contributed by atoms with Crippen molar-refractivity contribution in [2.75, 3.05) is 0 Å². The van der Waals surface area contributed by atoms with Crippen molar-refractivity contribution in [2.24, 2.45) is 10.2 Å². The number of H-pyrrole nitrogens is 1. The SMILES string of the molecule is Cc1[nH]n(-c2ccccc2)c(=O)c1N=Nc1cccc(Br)c1. The Kier molecular flexibility index (Phi) is 4.02. The molecule has 0 fully saturated rings. The van der Waals surface area contributed by atoms with Crippen molar-refractivity contribution < 1.29 is 0 Å². The normalized spacial score (nSPS) is 11.2. The van der Waals surface area contributed by atoms with Crippen molar-refractivity contribution >= 4 is 27.3 Å². The lowest BCUT2D eigenvalue weighted by Gasteiger charge is -1.99. The maximum Gasteiger partial charge on any atom is 0.299 e. The average Bonchev–Trinajstić information content (AvgIpc) is 2.81. The Balaban J connectivity index is 1.99. The van der Waals surface area contributed by atoms with Gasteiger partial charge in [-0.3, -0.25) is 9.89 Å². The van der Waals surface area contributed by atoms with Crippen LogP contribution in [0.4, 0.5) is 11.4 Å². The predicted molar refractivity (Wildman–Crippen MR) is 89.4 cm³/mol.